The molecule has 0 aliphatic rings. The van der Waals surface area contributed by atoms with Crippen LogP contribution in [0.25, 0.3) is 5.65 Å². The normalized spacial score (nSPS) is 11.5. The highest BCUT2D eigenvalue weighted by molar-refractivity contribution is 6.07. The lowest BCUT2D eigenvalue weighted by Crippen LogP contribution is -2.46. The van der Waals surface area contributed by atoms with Gasteiger partial charge in [0.15, 0.2) is 5.65 Å². The number of aryl methyl sites for hydroxylation is 1. The Hall–Kier alpha value is -4.07. The van der Waals surface area contributed by atoms with Crippen LogP contribution >= 0.6 is 0 Å². The Balaban J connectivity index is 1.72. The molecular weight excluding hydrogens is 406 g/mol. The van der Waals surface area contributed by atoms with Gasteiger partial charge in [-0.1, -0.05) is 12.1 Å². The first kappa shape index (κ1) is 21.2. The second-order valence-electron chi connectivity index (χ2n) is 8.55. The van der Waals surface area contributed by atoms with Crippen molar-refractivity contribution < 1.29 is 14.6 Å². The van der Waals surface area contributed by atoms with Crippen molar-refractivity contribution in [2.45, 2.75) is 33.2 Å². The van der Waals surface area contributed by atoms with Gasteiger partial charge in [0.05, 0.1) is 11.9 Å². The number of carbonyl (C=O) groups excluding carboxylic acids is 1. The molecule has 164 valence electrons. The Morgan fingerprint density at radius 3 is 2.62 bits per heavy atom. The molecule has 0 saturated carbocycles. The molecule has 4 rings (SSSR count). The smallest absolute Gasteiger partial charge is 0.258 e. The predicted molar refractivity (Wildman–Crippen MR) is 123 cm³/mol. The first-order chi connectivity index (χ1) is 15.1. The molecule has 0 bridgehead atoms. The number of nitrogen functional groups attached to an aromatic ring is 1. The number of aromatic hydroxyl groups is 1. The highest BCUT2D eigenvalue weighted by Crippen LogP contribution is 2.34. The summed E-state index contributed by atoms with van der Waals surface area (Å²) >= 11 is 0. The van der Waals surface area contributed by atoms with Crippen LogP contribution < -0.4 is 15.4 Å². The summed E-state index contributed by atoms with van der Waals surface area (Å²) in [6.07, 6.45) is 1.61. The summed E-state index contributed by atoms with van der Waals surface area (Å²) in [7, 11) is 0. The fourth-order valence-corrected chi connectivity index (χ4v) is 3.50. The lowest BCUT2D eigenvalue weighted by molar-refractivity contribution is 0.0965. The average molecular weight is 431 g/mol. The molecule has 0 fully saturated rings. The van der Waals surface area contributed by atoms with E-state index < -0.39 is 5.54 Å². The van der Waals surface area contributed by atoms with E-state index in [-0.39, 0.29) is 11.7 Å². The number of nitrogens with zero attached hydrogens (tertiary/aromatic N) is 4. The molecular formula is C24H25N5O3. The van der Waals surface area contributed by atoms with Crippen LogP contribution in [0, 0.1) is 6.92 Å². The number of phenolic OH excluding ortho intramolecular Hbond substituents is 1. The molecule has 8 heteroatoms. The Kier molecular flexibility index (Phi) is 5.22. The van der Waals surface area contributed by atoms with Gasteiger partial charge >= 0.3 is 0 Å². The van der Waals surface area contributed by atoms with Crippen LogP contribution in [0.2, 0.25) is 0 Å². The molecule has 32 heavy (non-hydrogen) atoms. The van der Waals surface area contributed by atoms with Crippen LogP contribution in [0.15, 0.2) is 60.8 Å². The van der Waals surface area contributed by atoms with E-state index in [1.54, 1.807) is 39.9 Å². The second kappa shape index (κ2) is 7.88. The van der Waals surface area contributed by atoms with Crippen molar-refractivity contribution in [2.75, 3.05) is 10.6 Å². The molecule has 8 nitrogen and oxygen atoms in total. The molecule has 1 amide bonds. The molecule has 2 heterocycles. The molecule has 0 unspecified atom stereocenters. The number of phenols is 1. The van der Waals surface area contributed by atoms with E-state index in [0.29, 0.717) is 34.3 Å². The van der Waals surface area contributed by atoms with Crippen LogP contribution in [0.4, 0.5) is 11.5 Å². The summed E-state index contributed by atoms with van der Waals surface area (Å²) < 4.78 is 7.53. The number of benzene rings is 2. The summed E-state index contributed by atoms with van der Waals surface area (Å²) in [6, 6.07) is 15.4. The number of anilines is 2. The molecule has 2 aromatic heterocycles. The maximum atomic E-state index is 13.5. The maximum Gasteiger partial charge on any atom is 0.258 e. The topological polar surface area (TPSA) is 106 Å². The minimum absolute atomic E-state index is 0.0418. The second-order valence-corrected chi connectivity index (χ2v) is 8.55. The summed E-state index contributed by atoms with van der Waals surface area (Å²) in [5.74, 6) is 1.09. The standard InChI is InChI=1S/C24H25N5O3/c1-15-8-9-18(32-22-11-10-21-26-20(25)14-28(21)27-22)13-19(15)29(24(2,3)4)23(31)16-6-5-7-17(30)12-16/h5-14,30H,25H2,1-4H3. The van der Waals surface area contributed by atoms with E-state index in [1.807, 2.05) is 45.9 Å². The number of fused-ring (bicyclic) bond motifs is 1. The van der Waals surface area contributed by atoms with Gasteiger partial charge < -0.3 is 20.5 Å². The quantitative estimate of drug-likeness (QED) is 0.491. The van der Waals surface area contributed by atoms with Crippen LogP contribution in [-0.2, 0) is 0 Å². The highest BCUT2D eigenvalue weighted by atomic mass is 16.5. The summed E-state index contributed by atoms with van der Waals surface area (Å²) in [5, 5.41) is 14.2. The van der Waals surface area contributed by atoms with Crippen molar-refractivity contribution in [2.24, 2.45) is 0 Å². The molecule has 2 aromatic carbocycles. The van der Waals surface area contributed by atoms with Crippen LogP contribution in [0.5, 0.6) is 17.4 Å². The average Bonchev–Trinajstić information content (AvgIpc) is 3.08. The Labute approximate surface area is 185 Å². The van der Waals surface area contributed by atoms with Gasteiger partial charge in [-0.3, -0.25) is 4.79 Å². The van der Waals surface area contributed by atoms with Gasteiger partial charge in [-0.25, -0.2) is 9.50 Å². The van der Waals surface area contributed by atoms with E-state index in [9.17, 15) is 9.90 Å². The molecule has 0 saturated heterocycles. The molecule has 0 atom stereocenters. The minimum atomic E-state index is -0.530. The molecule has 4 aromatic rings. The number of carbonyl (C=O) groups is 1. The fourth-order valence-electron chi connectivity index (χ4n) is 3.50. The SMILES string of the molecule is Cc1ccc(Oc2ccc3nc(N)cn3n2)cc1N(C(=O)c1cccc(O)c1)C(C)(C)C. The largest absolute Gasteiger partial charge is 0.508 e. The zero-order valence-electron chi connectivity index (χ0n) is 18.4. The van der Waals surface area contributed by atoms with Gasteiger partial charge in [0.2, 0.25) is 5.88 Å². The van der Waals surface area contributed by atoms with E-state index in [0.717, 1.165) is 5.56 Å². The number of rotatable bonds is 4. The monoisotopic (exact) mass is 431 g/mol. The number of aromatic nitrogens is 3. The molecule has 0 aliphatic carbocycles. The van der Waals surface area contributed by atoms with E-state index in [1.165, 1.54) is 12.1 Å². The van der Waals surface area contributed by atoms with E-state index in [4.69, 9.17) is 10.5 Å². The summed E-state index contributed by atoms with van der Waals surface area (Å²) in [5.41, 5.74) is 7.83. The number of hydrogen-bond acceptors (Lipinski definition) is 6. The molecule has 3 N–H and O–H groups in total. The summed E-state index contributed by atoms with van der Waals surface area (Å²) in [6.45, 7) is 7.81. The van der Waals surface area contributed by atoms with Gasteiger partial charge in [-0.05, 0) is 63.6 Å². The van der Waals surface area contributed by atoms with Crippen molar-refractivity contribution in [3.8, 4) is 17.4 Å². The predicted octanol–water partition coefficient (Wildman–Crippen LogP) is 4.56. The number of nitrogens with two attached hydrogens (primary N) is 1. The lowest BCUT2D eigenvalue weighted by Gasteiger charge is -2.37. The summed E-state index contributed by atoms with van der Waals surface area (Å²) in [4.78, 5) is 19.3. The van der Waals surface area contributed by atoms with Crippen molar-refractivity contribution in [1.82, 2.24) is 14.6 Å². The van der Waals surface area contributed by atoms with Crippen molar-refractivity contribution in [1.29, 1.82) is 0 Å². The number of imidazole rings is 1. The zero-order chi connectivity index (χ0) is 23.0. The lowest BCUT2D eigenvalue weighted by atomic mass is 10.0. The first-order valence-electron chi connectivity index (χ1n) is 10.2. The number of hydrogen-bond donors (Lipinski definition) is 2. The maximum absolute atomic E-state index is 13.5. The fraction of sp³-hybridized carbons (Fsp3) is 0.208. The van der Waals surface area contributed by atoms with Crippen molar-refractivity contribution >= 4 is 23.1 Å². The van der Waals surface area contributed by atoms with Crippen molar-refractivity contribution in [3.05, 3.63) is 71.9 Å². The Morgan fingerprint density at radius 1 is 1.12 bits per heavy atom. The van der Waals surface area contributed by atoms with Gasteiger partial charge in [-0.15, -0.1) is 5.10 Å². The van der Waals surface area contributed by atoms with Crippen LogP contribution in [0.3, 0.4) is 0 Å². The van der Waals surface area contributed by atoms with Gasteiger partial charge in [0, 0.05) is 23.2 Å². The van der Waals surface area contributed by atoms with Gasteiger partial charge in [0.25, 0.3) is 5.91 Å². The van der Waals surface area contributed by atoms with E-state index in [2.05, 4.69) is 10.1 Å². The third-order valence-electron chi connectivity index (χ3n) is 4.93. The Morgan fingerprint density at radius 2 is 1.91 bits per heavy atom. The van der Waals surface area contributed by atoms with Gasteiger partial charge in [-0.2, -0.15) is 0 Å². The number of ether oxygens (including phenoxy) is 1. The highest BCUT2D eigenvalue weighted by Gasteiger charge is 2.30. The molecule has 0 aliphatic heterocycles. The minimum Gasteiger partial charge on any atom is -0.508 e. The van der Waals surface area contributed by atoms with Gasteiger partial charge in [0.1, 0.15) is 17.3 Å². The van der Waals surface area contributed by atoms with Crippen LogP contribution in [0.1, 0.15) is 36.7 Å². The first-order valence-corrected chi connectivity index (χ1v) is 10.2. The number of amides is 1. The van der Waals surface area contributed by atoms with E-state index >= 15 is 0 Å². The molecule has 0 radical (unpaired) electrons. The van der Waals surface area contributed by atoms with Crippen LogP contribution in [-0.4, -0.2) is 31.2 Å². The Bertz CT molecular complexity index is 1310. The van der Waals surface area contributed by atoms with Crippen molar-refractivity contribution in [3.63, 3.8) is 0 Å². The zero-order valence-corrected chi connectivity index (χ0v) is 18.4. The third kappa shape index (κ3) is 4.20. The third-order valence-corrected chi connectivity index (χ3v) is 4.93. The molecule has 0 spiro atoms.